The van der Waals surface area contributed by atoms with E-state index in [0.29, 0.717) is 54.1 Å². The molecule has 1 aliphatic rings. The summed E-state index contributed by atoms with van der Waals surface area (Å²) in [5.41, 5.74) is 14.5. The number of hydrogen-bond donors (Lipinski definition) is 1. The average Bonchev–Trinajstić information content (AvgIpc) is 1.75. The Balaban J connectivity index is -0.000000178. The minimum absolute atomic E-state index is 0. The third kappa shape index (κ3) is 82.8. The van der Waals surface area contributed by atoms with E-state index in [1.807, 2.05) is 6.20 Å². The van der Waals surface area contributed by atoms with Crippen molar-refractivity contribution in [1.29, 1.82) is 0 Å². The fourth-order valence-corrected chi connectivity index (χ4v) is 7.41. The predicted molar refractivity (Wildman–Crippen MR) is 436 cm³/mol. The van der Waals surface area contributed by atoms with Gasteiger partial charge in [-0.1, -0.05) is 408 Å². The Hall–Kier alpha value is -3.39. The number of aryl methyl sites for hydroxylation is 1. The molecule has 1 N–H and O–H groups in total. The maximum Gasteiger partial charge on any atom is 0.0921 e. The minimum atomic E-state index is 0. The number of nitrogens with one attached hydrogen (secondary N) is 1. The second-order valence-corrected chi connectivity index (χ2v) is 40.6. The van der Waals surface area contributed by atoms with Gasteiger partial charge in [0.25, 0.3) is 0 Å². The lowest BCUT2D eigenvalue weighted by molar-refractivity contribution is 0.254. The highest BCUT2D eigenvalue weighted by atomic mass is 14.9. The van der Waals surface area contributed by atoms with Crippen molar-refractivity contribution in [2.75, 3.05) is 0 Å². The van der Waals surface area contributed by atoms with Gasteiger partial charge in [0, 0.05) is 11.9 Å². The van der Waals surface area contributed by atoms with Crippen LogP contribution in [0.3, 0.4) is 0 Å². The van der Waals surface area contributed by atoms with Crippen LogP contribution in [-0.2, 0) is 25.7 Å². The summed E-state index contributed by atoms with van der Waals surface area (Å²) >= 11 is 0. The molecular formula is C91H174N2. The van der Waals surface area contributed by atoms with Gasteiger partial charge in [-0.3, -0.25) is 0 Å². The molecule has 1 aromatic heterocycles. The van der Waals surface area contributed by atoms with Gasteiger partial charge in [-0.2, -0.15) is 0 Å². The van der Waals surface area contributed by atoms with Crippen LogP contribution < -0.4 is 0 Å². The SMILES string of the molecule is C.CC(C)(C)C.CC(C)(C)CC1=CCc2ccccc21.CC(C)(C)Cc1ccccc1.CC(C)(C)Cc1cnc[nH]1.CC(C)C.CC(C)C(C)(C)C.CC(C)C(C)(C)C.CC(C)CC(C)(C)C.CCC(C)(C)C.CCC(C)C(C)(C)C.Cc1ccc(CC(C)(C)C)cc1. The number of rotatable bonds is 6. The van der Waals surface area contributed by atoms with Crippen LogP contribution in [0, 0.1) is 90.7 Å². The van der Waals surface area contributed by atoms with Gasteiger partial charge in [0.1, 0.15) is 0 Å². The fourth-order valence-electron chi connectivity index (χ4n) is 7.41. The zero-order valence-electron chi connectivity index (χ0n) is 71.2. The maximum absolute atomic E-state index is 3.95. The van der Waals surface area contributed by atoms with Gasteiger partial charge in [0.2, 0.25) is 0 Å². The number of fused-ring (bicyclic) bond motifs is 1. The zero-order chi connectivity index (χ0) is 74.3. The van der Waals surface area contributed by atoms with E-state index in [-0.39, 0.29) is 7.43 Å². The van der Waals surface area contributed by atoms with E-state index in [9.17, 15) is 0 Å². The van der Waals surface area contributed by atoms with Crippen molar-refractivity contribution in [1.82, 2.24) is 9.97 Å². The number of aromatic nitrogens is 2. The maximum atomic E-state index is 3.95. The average molecular weight is 1300 g/mol. The zero-order valence-corrected chi connectivity index (χ0v) is 71.2. The molecule has 3 aromatic carbocycles. The number of benzene rings is 3. The summed E-state index contributed by atoms with van der Waals surface area (Å²) in [4.78, 5) is 7.03. The predicted octanol–water partition coefficient (Wildman–Crippen LogP) is 31.2. The van der Waals surface area contributed by atoms with Crippen molar-refractivity contribution in [3.63, 3.8) is 0 Å². The van der Waals surface area contributed by atoms with E-state index < -0.39 is 0 Å². The summed E-state index contributed by atoms with van der Waals surface area (Å²) in [6.45, 7) is 98.9. The second kappa shape index (κ2) is 48.3. The molecule has 4 aromatic rings. The van der Waals surface area contributed by atoms with Crippen molar-refractivity contribution in [2.24, 2.45) is 83.7 Å². The fraction of sp³-hybridized carbons (Fsp3) is 0.747. The summed E-state index contributed by atoms with van der Waals surface area (Å²) < 4.78 is 0. The van der Waals surface area contributed by atoms with E-state index in [0.717, 1.165) is 55.3 Å². The Kier molecular flexibility index (Phi) is 53.6. The van der Waals surface area contributed by atoms with Crippen molar-refractivity contribution >= 4 is 5.57 Å². The van der Waals surface area contributed by atoms with Gasteiger partial charge in [-0.15, -0.1) is 0 Å². The topological polar surface area (TPSA) is 28.7 Å². The summed E-state index contributed by atoms with van der Waals surface area (Å²) in [6.07, 6.45) is 15.6. The number of imidazole rings is 1. The van der Waals surface area contributed by atoms with Crippen LogP contribution in [0.25, 0.3) is 5.57 Å². The van der Waals surface area contributed by atoms with Crippen LogP contribution in [-0.4, -0.2) is 9.97 Å². The lowest BCUT2D eigenvalue weighted by Gasteiger charge is -2.25. The van der Waals surface area contributed by atoms with E-state index in [2.05, 4.69) is 400 Å². The third-order valence-electron chi connectivity index (χ3n) is 15.0. The van der Waals surface area contributed by atoms with Gasteiger partial charge in [0.15, 0.2) is 0 Å². The minimum Gasteiger partial charge on any atom is -0.348 e. The molecule has 0 saturated carbocycles. The summed E-state index contributed by atoms with van der Waals surface area (Å²) in [5.74, 6) is 4.12. The van der Waals surface area contributed by atoms with Gasteiger partial charge < -0.3 is 4.98 Å². The molecule has 0 fully saturated rings. The Morgan fingerprint density at radius 3 is 1.00 bits per heavy atom. The summed E-state index contributed by atoms with van der Waals surface area (Å²) in [5, 5.41) is 0. The highest BCUT2D eigenvalue weighted by molar-refractivity contribution is 5.73. The molecular weight excluding hydrogens is 1120 g/mol. The van der Waals surface area contributed by atoms with E-state index in [1.165, 1.54) is 64.8 Å². The molecule has 0 amide bonds. The summed E-state index contributed by atoms with van der Waals surface area (Å²) in [6, 6.07) is 28.2. The lowest BCUT2D eigenvalue weighted by atomic mass is 9.81. The van der Waals surface area contributed by atoms with Crippen LogP contribution in [0.15, 0.2) is 97.5 Å². The largest absolute Gasteiger partial charge is 0.348 e. The molecule has 1 unspecified atom stereocenters. The standard InChI is InChI=1S/C14H18.C12H18.C11H16.C8H14N2.2C8H18.2C7H16.C6H14.C5H12.C4H10.CH4/c1-14(2,3)10-12-9-8-11-6-4-5-7-13(11)12;1-10-5-7-11(8-6-10)9-12(2,3)4;1-11(2,3)9-10-7-5-4-6-8-10;1-8(2,3)4-7-5-9-6-10-7;1-7(2)6-8(3,4)5;1-6-7(2)8(3,4)5;2*1-6(2)7(3,4)5;1-5-6(2,3)4;1-5(2,3)4;1-4(2)3;/h4-7,9H,8,10H2,1-3H3;5-8H,9H2,1-4H3;4-8H,9H2,1-3H3;5-6H,4H2,1-3H3,(H,9,10);2*7H,6H2,1-5H3;2*6H,1-5H3;5H2,1-4H3;1-4H3;4H,1-3H3;1H4. The number of allylic oxidation sites excluding steroid dienone is 2. The summed E-state index contributed by atoms with van der Waals surface area (Å²) in [7, 11) is 0. The lowest BCUT2D eigenvalue weighted by Crippen LogP contribution is -2.15. The van der Waals surface area contributed by atoms with Crippen LogP contribution in [0.4, 0.5) is 0 Å². The second-order valence-electron chi connectivity index (χ2n) is 40.6. The molecule has 2 heteroatoms. The van der Waals surface area contributed by atoms with E-state index in [1.54, 1.807) is 6.33 Å². The van der Waals surface area contributed by atoms with Crippen LogP contribution in [0.1, 0.15) is 364 Å². The van der Waals surface area contributed by atoms with Crippen molar-refractivity contribution in [2.45, 2.75) is 363 Å². The molecule has 0 bridgehead atoms. The van der Waals surface area contributed by atoms with Crippen molar-refractivity contribution in [3.8, 4) is 0 Å². The quantitative estimate of drug-likeness (QED) is 0.205. The molecule has 1 atom stereocenters. The molecule has 0 radical (unpaired) electrons. The van der Waals surface area contributed by atoms with Gasteiger partial charge in [-0.05, 0) is 157 Å². The van der Waals surface area contributed by atoms with Crippen molar-refractivity contribution < 1.29 is 0 Å². The first-order chi connectivity index (χ1) is 40.8. The van der Waals surface area contributed by atoms with Crippen LogP contribution in [0.2, 0.25) is 0 Å². The molecule has 548 valence electrons. The Bertz CT molecular complexity index is 2280. The number of nitrogens with zero attached hydrogens (tertiary/aromatic N) is 1. The molecule has 5 rings (SSSR count). The number of aromatic amines is 1. The van der Waals surface area contributed by atoms with E-state index >= 15 is 0 Å². The normalized spacial score (nSPS) is 12.7. The first kappa shape index (κ1) is 103. The number of hydrogen-bond acceptors (Lipinski definition) is 1. The van der Waals surface area contributed by atoms with Crippen LogP contribution in [0.5, 0.6) is 0 Å². The molecule has 0 saturated heterocycles. The Morgan fingerprint density at radius 2 is 0.753 bits per heavy atom. The molecule has 1 aliphatic carbocycles. The third-order valence-corrected chi connectivity index (χ3v) is 15.0. The molecule has 0 spiro atoms. The van der Waals surface area contributed by atoms with Gasteiger partial charge in [0.05, 0.1) is 6.33 Å². The van der Waals surface area contributed by atoms with Crippen molar-refractivity contribution in [3.05, 3.63) is 131 Å². The van der Waals surface area contributed by atoms with Gasteiger partial charge in [-0.25, -0.2) is 4.98 Å². The smallest absolute Gasteiger partial charge is 0.0921 e. The Labute approximate surface area is 590 Å². The van der Waals surface area contributed by atoms with Crippen LogP contribution >= 0.6 is 0 Å². The molecule has 0 aliphatic heterocycles. The number of H-pyrrole nitrogens is 1. The highest BCUT2D eigenvalue weighted by Gasteiger charge is 2.21. The van der Waals surface area contributed by atoms with Gasteiger partial charge >= 0.3 is 0 Å². The van der Waals surface area contributed by atoms with E-state index in [4.69, 9.17) is 0 Å². The molecule has 93 heavy (non-hydrogen) atoms. The monoisotopic (exact) mass is 1300 g/mol. The first-order valence-electron chi connectivity index (χ1n) is 36.6. The molecule has 1 heterocycles. The highest BCUT2D eigenvalue weighted by Crippen LogP contribution is 2.36. The molecule has 2 nitrogen and oxygen atoms in total. The Morgan fingerprint density at radius 1 is 0.419 bits per heavy atom. The first-order valence-corrected chi connectivity index (χ1v) is 36.6.